The first-order valence-electron chi connectivity index (χ1n) is 12.8. The molecule has 0 aromatic heterocycles. The minimum atomic E-state index is 0.536. The molecule has 0 bridgehead atoms. The Morgan fingerprint density at radius 3 is 1.97 bits per heavy atom. The third kappa shape index (κ3) is 6.81. The minimum Gasteiger partial charge on any atom is -0.493 e. The van der Waals surface area contributed by atoms with Crippen LogP contribution in [0.1, 0.15) is 51.3 Å². The van der Waals surface area contributed by atoms with Crippen molar-refractivity contribution in [2.45, 2.75) is 54.9 Å². The number of anilines is 1. The van der Waals surface area contributed by atoms with Crippen LogP contribution in [0, 0.1) is 13.8 Å². The largest absolute Gasteiger partial charge is 0.493 e. The van der Waals surface area contributed by atoms with E-state index in [1.807, 2.05) is 6.07 Å². The summed E-state index contributed by atoms with van der Waals surface area (Å²) in [5.41, 5.74) is 12.5. The van der Waals surface area contributed by atoms with Gasteiger partial charge in [-0.2, -0.15) is 0 Å². The van der Waals surface area contributed by atoms with Gasteiger partial charge >= 0.3 is 0 Å². The average Bonchev–Trinajstić information content (AvgIpc) is 2.85. The molecule has 0 saturated carbocycles. The Kier molecular flexibility index (Phi) is 9.41. The summed E-state index contributed by atoms with van der Waals surface area (Å²) >= 11 is 0. The summed E-state index contributed by atoms with van der Waals surface area (Å²) in [6.45, 7) is 16.4. The fraction of sp³-hybridized carbons (Fsp3) is 0.333. The average molecular weight is 484 g/mol. The normalized spacial score (nSPS) is 10.6. The SMILES string of the molecule is CCc1cc(-c2cc(C)c(-c3ccc(OCC=C(C)C)c(OC)c3)cc2C)ccc1NCC=C(C)C. The molecule has 0 aliphatic heterocycles. The second-order valence-electron chi connectivity index (χ2n) is 9.83. The molecule has 0 spiro atoms. The highest BCUT2D eigenvalue weighted by atomic mass is 16.5. The summed E-state index contributed by atoms with van der Waals surface area (Å²) < 4.78 is 11.6. The molecule has 3 heteroatoms. The van der Waals surface area contributed by atoms with Crippen molar-refractivity contribution in [3.05, 3.63) is 88.5 Å². The molecule has 0 radical (unpaired) electrons. The van der Waals surface area contributed by atoms with E-state index in [0.29, 0.717) is 6.61 Å². The van der Waals surface area contributed by atoms with E-state index in [2.05, 4.69) is 108 Å². The number of aryl methyl sites for hydroxylation is 3. The van der Waals surface area contributed by atoms with Crippen molar-refractivity contribution < 1.29 is 9.47 Å². The second-order valence-corrected chi connectivity index (χ2v) is 9.83. The van der Waals surface area contributed by atoms with Crippen molar-refractivity contribution in [2.75, 3.05) is 25.6 Å². The molecule has 36 heavy (non-hydrogen) atoms. The Morgan fingerprint density at radius 2 is 1.39 bits per heavy atom. The molecule has 3 nitrogen and oxygen atoms in total. The monoisotopic (exact) mass is 483 g/mol. The van der Waals surface area contributed by atoms with Crippen LogP contribution in [0.3, 0.4) is 0 Å². The number of hydrogen-bond acceptors (Lipinski definition) is 3. The number of methoxy groups -OCH3 is 1. The Balaban J connectivity index is 1.91. The van der Waals surface area contributed by atoms with Crippen LogP contribution >= 0.6 is 0 Å². The van der Waals surface area contributed by atoms with Crippen LogP contribution in [0.2, 0.25) is 0 Å². The Hall–Kier alpha value is -3.46. The minimum absolute atomic E-state index is 0.536. The highest BCUT2D eigenvalue weighted by Crippen LogP contribution is 2.37. The van der Waals surface area contributed by atoms with Crippen LogP contribution in [-0.2, 0) is 6.42 Å². The predicted octanol–water partition coefficient (Wildman–Crippen LogP) is 8.93. The molecule has 3 rings (SSSR count). The quantitative estimate of drug-likeness (QED) is 0.292. The summed E-state index contributed by atoms with van der Waals surface area (Å²) in [5.74, 6) is 1.51. The zero-order chi connectivity index (χ0) is 26.2. The smallest absolute Gasteiger partial charge is 0.161 e. The van der Waals surface area contributed by atoms with E-state index >= 15 is 0 Å². The van der Waals surface area contributed by atoms with E-state index in [0.717, 1.165) is 30.0 Å². The van der Waals surface area contributed by atoms with Gasteiger partial charge in [0, 0.05) is 12.2 Å². The molecule has 0 atom stereocenters. The number of ether oxygens (including phenoxy) is 2. The van der Waals surface area contributed by atoms with Crippen molar-refractivity contribution in [1.82, 2.24) is 0 Å². The van der Waals surface area contributed by atoms with Gasteiger partial charge in [-0.1, -0.05) is 48.4 Å². The highest BCUT2D eigenvalue weighted by molar-refractivity contribution is 5.78. The van der Waals surface area contributed by atoms with E-state index < -0.39 is 0 Å². The molecule has 0 aliphatic carbocycles. The first-order chi connectivity index (χ1) is 17.2. The number of rotatable bonds is 10. The maximum Gasteiger partial charge on any atom is 0.161 e. The summed E-state index contributed by atoms with van der Waals surface area (Å²) in [6, 6.07) is 17.6. The van der Waals surface area contributed by atoms with Gasteiger partial charge in [-0.3, -0.25) is 0 Å². The third-order valence-corrected chi connectivity index (χ3v) is 6.38. The third-order valence-electron chi connectivity index (χ3n) is 6.38. The summed E-state index contributed by atoms with van der Waals surface area (Å²) in [6.07, 6.45) is 5.27. The number of hydrogen-bond donors (Lipinski definition) is 1. The van der Waals surface area contributed by atoms with Crippen LogP contribution in [0.25, 0.3) is 22.3 Å². The van der Waals surface area contributed by atoms with Crippen molar-refractivity contribution in [1.29, 1.82) is 0 Å². The van der Waals surface area contributed by atoms with Crippen molar-refractivity contribution >= 4 is 5.69 Å². The number of benzene rings is 3. The zero-order valence-electron chi connectivity index (χ0n) is 23.2. The van der Waals surface area contributed by atoms with Gasteiger partial charge in [-0.25, -0.2) is 0 Å². The van der Waals surface area contributed by atoms with Gasteiger partial charge in [-0.05, 0) is 117 Å². The standard InChI is InChI=1S/C33H41NO2/c1-9-26-20-27(10-12-31(26)34-16-14-22(2)3)29-18-25(7)30(19-24(29)6)28-11-13-32(33(21-28)35-8)36-17-15-23(4)5/h10-15,18-21,34H,9,16-17H2,1-8H3. The van der Waals surface area contributed by atoms with Crippen LogP contribution in [-0.4, -0.2) is 20.3 Å². The zero-order valence-corrected chi connectivity index (χ0v) is 23.2. The second kappa shape index (κ2) is 12.5. The summed E-state index contributed by atoms with van der Waals surface area (Å²) in [7, 11) is 1.69. The molecule has 0 aliphatic rings. The molecule has 0 fully saturated rings. The lowest BCUT2D eigenvalue weighted by molar-refractivity contribution is 0.326. The molecule has 0 saturated heterocycles. The molecule has 0 amide bonds. The van der Waals surface area contributed by atoms with E-state index in [4.69, 9.17) is 9.47 Å². The van der Waals surface area contributed by atoms with Gasteiger partial charge in [0.25, 0.3) is 0 Å². The Labute approximate surface area is 217 Å². The Bertz CT molecular complexity index is 1160. The Morgan fingerprint density at radius 1 is 0.778 bits per heavy atom. The van der Waals surface area contributed by atoms with Crippen LogP contribution in [0.4, 0.5) is 5.69 Å². The molecule has 3 aromatic carbocycles. The number of allylic oxidation sites excluding steroid dienone is 2. The number of nitrogens with one attached hydrogen (secondary N) is 1. The first-order valence-corrected chi connectivity index (χ1v) is 12.8. The molecular formula is C33H41NO2. The van der Waals surface area contributed by atoms with Crippen LogP contribution < -0.4 is 14.8 Å². The highest BCUT2D eigenvalue weighted by Gasteiger charge is 2.13. The van der Waals surface area contributed by atoms with E-state index in [1.165, 1.54) is 50.2 Å². The molecule has 0 heterocycles. The van der Waals surface area contributed by atoms with E-state index in [9.17, 15) is 0 Å². The van der Waals surface area contributed by atoms with Crippen LogP contribution in [0.15, 0.2) is 71.8 Å². The maximum absolute atomic E-state index is 5.92. The molecule has 190 valence electrons. The first kappa shape index (κ1) is 27.1. The molecule has 1 N–H and O–H groups in total. The molecule has 0 unspecified atom stereocenters. The van der Waals surface area contributed by atoms with Gasteiger partial charge in [0.1, 0.15) is 6.61 Å². The summed E-state index contributed by atoms with van der Waals surface area (Å²) in [4.78, 5) is 0. The van der Waals surface area contributed by atoms with Gasteiger partial charge in [0.15, 0.2) is 11.5 Å². The van der Waals surface area contributed by atoms with E-state index in [-0.39, 0.29) is 0 Å². The lowest BCUT2D eigenvalue weighted by atomic mass is 9.91. The van der Waals surface area contributed by atoms with Crippen molar-refractivity contribution in [3.63, 3.8) is 0 Å². The van der Waals surface area contributed by atoms with Crippen LogP contribution in [0.5, 0.6) is 11.5 Å². The topological polar surface area (TPSA) is 30.5 Å². The van der Waals surface area contributed by atoms with Gasteiger partial charge < -0.3 is 14.8 Å². The van der Waals surface area contributed by atoms with Gasteiger partial charge in [0.2, 0.25) is 0 Å². The lowest BCUT2D eigenvalue weighted by Crippen LogP contribution is -2.02. The van der Waals surface area contributed by atoms with Crippen molar-refractivity contribution in [3.8, 4) is 33.8 Å². The summed E-state index contributed by atoms with van der Waals surface area (Å²) in [5, 5.41) is 3.56. The predicted molar refractivity (Wildman–Crippen MR) is 156 cm³/mol. The molecular weight excluding hydrogens is 442 g/mol. The lowest BCUT2D eigenvalue weighted by Gasteiger charge is -2.17. The fourth-order valence-electron chi connectivity index (χ4n) is 4.28. The maximum atomic E-state index is 5.92. The van der Waals surface area contributed by atoms with Crippen molar-refractivity contribution in [2.24, 2.45) is 0 Å². The van der Waals surface area contributed by atoms with E-state index in [1.54, 1.807) is 7.11 Å². The fourth-order valence-corrected chi connectivity index (χ4v) is 4.28. The van der Waals surface area contributed by atoms with Gasteiger partial charge in [-0.15, -0.1) is 0 Å². The molecule has 3 aromatic rings. The van der Waals surface area contributed by atoms with Gasteiger partial charge in [0.05, 0.1) is 7.11 Å².